The molecule has 0 fully saturated rings. The zero-order chi connectivity index (χ0) is 23.5. The number of halogens is 1. The van der Waals surface area contributed by atoms with Crippen molar-refractivity contribution in [3.8, 4) is 29.1 Å². The lowest BCUT2D eigenvalue weighted by atomic mass is 10.1. The largest absolute Gasteiger partial charge is 0.497 e. The molecule has 0 aromatic heterocycles. The molecule has 2 aromatic rings. The first-order chi connectivity index (χ1) is 15.4. The first kappa shape index (κ1) is 25.6. The number of hydrogen-bond acceptors (Lipinski definition) is 5. The lowest BCUT2D eigenvalue weighted by Crippen LogP contribution is -2.26. The minimum absolute atomic E-state index is 0.309. The van der Waals surface area contributed by atoms with E-state index in [2.05, 4.69) is 34.4 Å². The SMILES string of the molecule is CCO[C@@H](Cc1ccc(OCC=C(C)C#Cc2cc(OC)cc(OC)c2)c(I)c1)C(=O)O. The van der Waals surface area contributed by atoms with Gasteiger partial charge < -0.3 is 24.1 Å². The van der Waals surface area contributed by atoms with Gasteiger partial charge in [-0.15, -0.1) is 0 Å². The van der Waals surface area contributed by atoms with E-state index in [1.807, 2.05) is 43.3 Å². The monoisotopic (exact) mass is 550 g/mol. The van der Waals surface area contributed by atoms with Gasteiger partial charge in [0.25, 0.3) is 0 Å². The smallest absolute Gasteiger partial charge is 0.333 e. The average molecular weight is 550 g/mol. The van der Waals surface area contributed by atoms with Crippen molar-refractivity contribution in [3.63, 3.8) is 0 Å². The van der Waals surface area contributed by atoms with Gasteiger partial charge in [0.05, 0.1) is 17.8 Å². The van der Waals surface area contributed by atoms with E-state index < -0.39 is 12.1 Å². The predicted octanol–water partition coefficient (Wildman–Crippen LogP) is 4.72. The predicted molar refractivity (Wildman–Crippen MR) is 132 cm³/mol. The summed E-state index contributed by atoms with van der Waals surface area (Å²) in [6, 6.07) is 11.1. The normalized spacial score (nSPS) is 11.8. The Morgan fingerprint density at radius 2 is 1.84 bits per heavy atom. The molecular weight excluding hydrogens is 523 g/mol. The van der Waals surface area contributed by atoms with E-state index in [9.17, 15) is 9.90 Å². The summed E-state index contributed by atoms with van der Waals surface area (Å²) in [7, 11) is 3.21. The van der Waals surface area contributed by atoms with E-state index in [1.54, 1.807) is 27.2 Å². The summed E-state index contributed by atoms with van der Waals surface area (Å²) in [6.07, 6.45) is 1.36. The van der Waals surface area contributed by atoms with Gasteiger partial charge in [-0.2, -0.15) is 0 Å². The quantitative estimate of drug-likeness (QED) is 0.341. The molecule has 0 aliphatic heterocycles. The molecular formula is C25H27IO6. The van der Waals surface area contributed by atoms with Gasteiger partial charge in [-0.05, 0) is 77.9 Å². The second kappa shape index (κ2) is 13.0. The molecule has 0 bridgehead atoms. The molecule has 2 rings (SSSR count). The number of carbonyl (C=O) groups is 1. The van der Waals surface area contributed by atoms with Crippen molar-refractivity contribution in [2.75, 3.05) is 27.4 Å². The van der Waals surface area contributed by atoms with Crippen LogP contribution in [0.25, 0.3) is 0 Å². The summed E-state index contributed by atoms with van der Waals surface area (Å²) in [4.78, 5) is 11.3. The van der Waals surface area contributed by atoms with Crippen molar-refractivity contribution < 1.29 is 28.8 Å². The van der Waals surface area contributed by atoms with E-state index in [4.69, 9.17) is 18.9 Å². The van der Waals surface area contributed by atoms with Gasteiger partial charge >= 0.3 is 5.97 Å². The zero-order valence-electron chi connectivity index (χ0n) is 18.6. The van der Waals surface area contributed by atoms with Crippen LogP contribution in [0.2, 0.25) is 0 Å². The van der Waals surface area contributed by atoms with Crippen LogP contribution in [0.3, 0.4) is 0 Å². The maximum Gasteiger partial charge on any atom is 0.333 e. The van der Waals surface area contributed by atoms with Crippen LogP contribution in [0.1, 0.15) is 25.0 Å². The fourth-order valence-corrected chi connectivity index (χ4v) is 3.51. The Labute approximate surface area is 202 Å². The Hall–Kier alpha value is -2.70. The van der Waals surface area contributed by atoms with Gasteiger partial charge in [-0.3, -0.25) is 0 Å². The molecule has 170 valence electrons. The number of benzene rings is 2. The third kappa shape index (κ3) is 8.09. The van der Waals surface area contributed by atoms with Crippen molar-refractivity contribution in [3.05, 3.63) is 62.7 Å². The molecule has 0 amide bonds. The molecule has 0 radical (unpaired) electrons. The van der Waals surface area contributed by atoms with Crippen LogP contribution in [-0.2, 0) is 16.0 Å². The second-order valence-electron chi connectivity index (χ2n) is 6.80. The van der Waals surface area contributed by atoms with E-state index >= 15 is 0 Å². The summed E-state index contributed by atoms with van der Waals surface area (Å²) in [5.41, 5.74) is 2.56. The van der Waals surface area contributed by atoms with Crippen LogP contribution < -0.4 is 14.2 Å². The average Bonchev–Trinajstić information content (AvgIpc) is 2.78. The number of methoxy groups -OCH3 is 2. The molecule has 0 saturated heterocycles. The Morgan fingerprint density at radius 3 is 2.41 bits per heavy atom. The molecule has 1 atom stereocenters. The van der Waals surface area contributed by atoms with E-state index in [-0.39, 0.29) is 0 Å². The van der Waals surface area contributed by atoms with Crippen LogP contribution in [0.4, 0.5) is 0 Å². The van der Waals surface area contributed by atoms with Crippen LogP contribution in [-0.4, -0.2) is 44.6 Å². The summed E-state index contributed by atoms with van der Waals surface area (Å²) < 4.78 is 22.6. The molecule has 7 heteroatoms. The summed E-state index contributed by atoms with van der Waals surface area (Å²) in [5.74, 6) is 7.35. The summed E-state index contributed by atoms with van der Waals surface area (Å²) >= 11 is 2.18. The van der Waals surface area contributed by atoms with Crippen molar-refractivity contribution in [1.29, 1.82) is 0 Å². The van der Waals surface area contributed by atoms with Crippen molar-refractivity contribution >= 4 is 28.6 Å². The fourth-order valence-electron chi connectivity index (χ4n) is 2.78. The van der Waals surface area contributed by atoms with Crippen LogP contribution in [0, 0.1) is 15.4 Å². The van der Waals surface area contributed by atoms with E-state index in [0.717, 1.165) is 26.0 Å². The third-order valence-corrected chi connectivity index (χ3v) is 5.29. The second-order valence-corrected chi connectivity index (χ2v) is 7.96. The number of allylic oxidation sites excluding steroid dienone is 1. The molecule has 32 heavy (non-hydrogen) atoms. The van der Waals surface area contributed by atoms with Crippen molar-refractivity contribution in [2.24, 2.45) is 0 Å². The Balaban J connectivity index is 1.99. The first-order valence-corrected chi connectivity index (χ1v) is 11.1. The number of ether oxygens (including phenoxy) is 4. The maximum atomic E-state index is 11.3. The van der Waals surface area contributed by atoms with Gasteiger partial charge in [-0.25, -0.2) is 4.79 Å². The van der Waals surface area contributed by atoms with Gasteiger partial charge in [0.15, 0.2) is 6.10 Å². The zero-order valence-corrected chi connectivity index (χ0v) is 20.8. The lowest BCUT2D eigenvalue weighted by molar-refractivity contribution is -0.149. The van der Waals surface area contributed by atoms with Crippen molar-refractivity contribution in [2.45, 2.75) is 26.4 Å². The minimum atomic E-state index is -0.962. The van der Waals surface area contributed by atoms with E-state index in [1.165, 1.54) is 0 Å². The Morgan fingerprint density at radius 1 is 1.16 bits per heavy atom. The highest BCUT2D eigenvalue weighted by Gasteiger charge is 2.18. The molecule has 0 heterocycles. The first-order valence-electron chi connectivity index (χ1n) is 10.0. The molecule has 0 saturated carbocycles. The van der Waals surface area contributed by atoms with E-state index in [0.29, 0.717) is 31.1 Å². The Kier molecular flexibility index (Phi) is 10.4. The maximum absolute atomic E-state index is 11.3. The minimum Gasteiger partial charge on any atom is -0.497 e. The van der Waals surface area contributed by atoms with Gasteiger partial charge in [0, 0.05) is 24.7 Å². The van der Waals surface area contributed by atoms with Gasteiger partial charge in [-0.1, -0.05) is 17.9 Å². The summed E-state index contributed by atoms with van der Waals surface area (Å²) in [5, 5.41) is 9.24. The summed E-state index contributed by atoms with van der Waals surface area (Å²) in [6.45, 7) is 4.43. The standard InChI is InChI=1S/C25H27IO6/c1-5-31-24(25(27)28)15-19-8-9-23(22(26)14-19)32-11-10-17(2)6-7-18-12-20(29-3)16-21(13-18)30-4/h8-10,12-14,16,24H,5,11,15H2,1-4H3,(H,27,28)/t24-/m0/s1. The Bertz CT molecular complexity index is 997. The number of carboxylic acid groups (broad SMARTS) is 1. The highest BCUT2D eigenvalue weighted by Crippen LogP contribution is 2.24. The topological polar surface area (TPSA) is 74.2 Å². The highest BCUT2D eigenvalue weighted by atomic mass is 127. The molecule has 0 unspecified atom stereocenters. The van der Waals surface area contributed by atoms with Crippen LogP contribution in [0.15, 0.2) is 48.0 Å². The number of carboxylic acids is 1. The van der Waals surface area contributed by atoms with Gasteiger partial charge in [0.1, 0.15) is 23.9 Å². The molecule has 0 aliphatic rings. The number of rotatable bonds is 10. The fraction of sp³-hybridized carbons (Fsp3) is 0.320. The molecule has 6 nitrogen and oxygen atoms in total. The molecule has 1 N–H and O–H groups in total. The van der Waals surface area contributed by atoms with Crippen LogP contribution in [0.5, 0.6) is 17.2 Å². The number of aliphatic carboxylic acids is 1. The van der Waals surface area contributed by atoms with Crippen LogP contribution >= 0.6 is 22.6 Å². The van der Waals surface area contributed by atoms with Gasteiger partial charge in [0.2, 0.25) is 0 Å². The lowest BCUT2D eigenvalue weighted by Gasteiger charge is -2.13. The third-order valence-electron chi connectivity index (χ3n) is 4.44. The highest BCUT2D eigenvalue weighted by molar-refractivity contribution is 14.1. The molecule has 0 aliphatic carbocycles. The number of hydrogen-bond donors (Lipinski definition) is 1. The molecule has 2 aromatic carbocycles. The molecule has 0 spiro atoms. The van der Waals surface area contributed by atoms with Crippen molar-refractivity contribution in [1.82, 2.24) is 0 Å².